The van der Waals surface area contributed by atoms with Gasteiger partial charge in [-0.25, -0.2) is 0 Å². The molecule has 5 heteroatoms. The van der Waals surface area contributed by atoms with E-state index in [2.05, 4.69) is 4.98 Å². The Morgan fingerprint density at radius 2 is 2.06 bits per heavy atom. The third kappa shape index (κ3) is 2.17. The number of nitrogens with zero attached hydrogens (tertiary/aromatic N) is 1. The number of rotatable bonds is 2. The van der Waals surface area contributed by atoms with Crippen molar-refractivity contribution in [2.75, 3.05) is 0 Å². The zero-order chi connectivity index (χ0) is 11.8. The molecule has 1 aliphatic rings. The molecule has 0 N–H and O–H groups in total. The fourth-order valence-corrected chi connectivity index (χ4v) is 2.02. The second-order valence-electron chi connectivity index (χ2n) is 4.02. The van der Waals surface area contributed by atoms with E-state index in [1.807, 2.05) is 0 Å². The van der Waals surface area contributed by atoms with Gasteiger partial charge in [0, 0.05) is 6.20 Å². The molecule has 1 heterocycles. The van der Waals surface area contributed by atoms with Crippen molar-refractivity contribution >= 4 is 11.6 Å². The Kier molecular flexibility index (Phi) is 3.10. The quantitative estimate of drug-likeness (QED) is 0.719. The minimum atomic E-state index is -4.31. The molecule has 16 heavy (non-hydrogen) atoms. The summed E-state index contributed by atoms with van der Waals surface area (Å²) >= 11 is 5.50. The molecule has 1 fully saturated rings. The van der Waals surface area contributed by atoms with Crippen molar-refractivity contribution in [2.45, 2.75) is 37.2 Å². The molecule has 88 valence electrons. The predicted octanol–water partition coefficient (Wildman–Crippen LogP) is 4.11. The van der Waals surface area contributed by atoms with Gasteiger partial charge >= 0.3 is 6.18 Å². The molecule has 1 nitrogen and oxygen atoms in total. The lowest BCUT2D eigenvalue weighted by molar-refractivity contribution is -0.138. The summed E-state index contributed by atoms with van der Waals surface area (Å²) in [6, 6.07) is 1.07. The summed E-state index contributed by atoms with van der Waals surface area (Å²) in [5.41, 5.74) is 0.0348. The number of hydrogen-bond donors (Lipinski definition) is 0. The maximum absolute atomic E-state index is 12.8. The molecule has 1 saturated carbocycles. The summed E-state index contributed by atoms with van der Waals surface area (Å²) in [6.45, 7) is 0. The normalized spacial score (nSPS) is 17.2. The Labute approximate surface area is 96.6 Å². The highest BCUT2D eigenvalue weighted by molar-refractivity contribution is 6.16. The number of hydrogen-bond acceptors (Lipinski definition) is 1. The molecule has 0 amide bonds. The first kappa shape index (κ1) is 11.7. The number of alkyl halides is 4. The standard InChI is InChI=1S/C11H11ClF3N/c12-5-8-4-10(11(13,14)15)9(6-16-8)7-2-1-3-7/h4,6-7H,1-3,5H2. The Balaban J connectivity index is 2.42. The van der Waals surface area contributed by atoms with Gasteiger partial charge < -0.3 is 0 Å². The largest absolute Gasteiger partial charge is 0.416 e. The van der Waals surface area contributed by atoms with Crippen molar-refractivity contribution < 1.29 is 13.2 Å². The SMILES string of the molecule is FC(F)(F)c1cc(CCl)ncc1C1CCC1. The molecule has 1 aromatic heterocycles. The van der Waals surface area contributed by atoms with Gasteiger partial charge in [0.15, 0.2) is 0 Å². The van der Waals surface area contributed by atoms with Gasteiger partial charge in [0.25, 0.3) is 0 Å². The predicted molar refractivity (Wildman–Crippen MR) is 55.4 cm³/mol. The highest BCUT2D eigenvalue weighted by Gasteiger charge is 2.37. The van der Waals surface area contributed by atoms with Crippen LogP contribution >= 0.6 is 11.6 Å². The zero-order valence-corrected chi connectivity index (χ0v) is 9.28. The van der Waals surface area contributed by atoms with Crippen molar-refractivity contribution in [3.8, 4) is 0 Å². The van der Waals surface area contributed by atoms with Gasteiger partial charge in [-0.15, -0.1) is 11.6 Å². The van der Waals surface area contributed by atoms with Crippen LogP contribution in [0, 0.1) is 0 Å². The molecule has 1 aromatic rings. The summed E-state index contributed by atoms with van der Waals surface area (Å²) in [5, 5.41) is 0. The molecule has 0 aromatic carbocycles. The minimum absolute atomic E-state index is 0.00796. The van der Waals surface area contributed by atoms with Crippen molar-refractivity contribution in [3.05, 3.63) is 29.1 Å². The van der Waals surface area contributed by atoms with Crippen molar-refractivity contribution in [1.29, 1.82) is 0 Å². The molecule has 1 aliphatic carbocycles. The van der Waals surface area contributed by atoms with Crippen LogP contribution < -0.4 is 0 Å². The maximum Gasteiger partial charge on any atom is 0.416 e. The van der Waals surface area contributed by atoms with Gasteiger partial charge in [0.1, 0.15) is 0 Å². The smallest absolute Gasteiger partial charge is 0.260 e. The molecule has 0 radical (unpaired) electrons. The summed E-state index contributed by atoms with van der Waals surface area (Å²) in [4.78, 5) is 3.94. The van der Waals surface area contributed by atoms with Gasteiger partial charge in [-0.1, -0.05) is 6.42 Å². The summed E-state index contributed by atoms with van der Waals surface area (Å²) < 4.78 is 38.4. The maximum atomic E-state index is 12.8. The van der Waals surface area contributed by atoms with Crippen LogP contribution in [0.1, 0.15) is 42.0 Å². The Morgan fingerprint density at radius 3 is 2.50 bits per heavy atom. The van der Waals surface area contributed by atoms with Crippen LogP contribution in [0.4, 0.5) is 13.2 Å². The molecule has 0 atom stereocenters. The molecular weight excluding hydrogens is 239 g/mol. The molecule has 2 rings (SSSR count). The average molecular weight is 250 g/mol. The van der Waals surface area contributed by atoms with Crippen LogP contribution in [-0.4, -0.2) is 4.98 Å². The fraction of sp³-hybridized carbons (Fsp3) is 0.545. The number of pyridine rings is 1. The van der Waals surface area contributed by atoms with Crippen LogP contribution in [0.25, 0.3) is 0 Å². The van der Waals surface area contributed by atoms with Crippen molar-refractivity contribution in [1.82, 2.24) is 4.98 Å². The van der Waals surface area contributed by atoms with Gasteiger partial charge in [-0.05, 0) is 30.4 Å². The molecule has 0 aliphatic heterocycles. The van der Waals surface area contributed by atoms with E-state index in [4.69, 9.17) is 11.6 Å². The second kappa shape index (κ2) is 4.24. The Bertz CT molecular complexity index is 385. The van der Waals surface area contributed by atoms with Crippen molar-refractivity contribution in [2.24, 2.45) is 0 Å². The van der Waals surface area contributed by atoms with E-state index in [1.165, 1.54) is 6.20 Å². The van der Waals surface area contributed by atoms with Gasteiger partial charge in [0.2, 0.25) is 0 Å². The molecule has 0 unspecified atom stereocenters. The van der Waals surface area contributed by atoms with Crippen LogP contribution in [0.5, 0.6) is 0 Å². The highest BCUT2D eigenvalue weighted by atomic mass is 35.5. The van der Waals surface area contributed by atoms with E-state index < -0.39 is 11.7 Å². The third-order valence-electron chi connectivity index (χ3n) is 2.98. The van der Waals surface area contributed by atoms with E-state index in [9.17, 15) is 13.2 Å². The van der Waals surface area contributed by atoms with E-state index >= 15 is 0 Å². The molecular formula is C11H11ClF3N. The van der Waals surface area contributed by atoms with Crippen LogP contribution in [-0.2, 0) is 12.1 Å². The van der Waals surface area contributed by atoms with Gasteiger partial charge in [-0.3, -0.25) is 4.98 Å². The third-order valence-corrected chi connectivity index (χ3v) is 3.25. The van der Waals surface area contributed by atoms with E-state index in [0.717, 1.165) is 25.3 Å². The van der Waals surface area contributed by atoms with Crippen molar-refractivity contribution in [3.63, 3.8) is 0 Å². The lowest BCUT2D eigenvalue weighted by atomic mass is 9.79. The highest BCUT2D eigenvalue weighted by Crippen LogP contribution is 2.42. The number of halogens is 4. The fourth-order valence-electron chi connectivity index (χ4n) is 1.87. The van der Waals surface area contributed by atoms with Crippen LogP contribution in [0.15, 0.2) is 12.3 Å². The lowest BCUT2D eigenvalue weighted by Gasteiger charge is -2.28. The lowest BCUT2D eigenvalue weighted by Crippen LogP contribution is -2.17. The van der Waals surface area contributed by atoms with Gasteiger partial charge in [-0.2, -0.15) is 13.2 Å². The minimum Gasteiger partial charge on any atom is -0.260 e. The first-order chi connectivity index (χ1) is 7.52. The zero-order valence-electron chi connectivity index (χ0n) is 8.52. The number of aromatic nitrogens is 1. The van der Waals surface area contributed by atoms with Crippen LogP contribution in [0.2, 0.25) is 0 Å². The van der Waals surface area contributed by atoms with E-state index in [1.54, 1.807) is 0 Å². The summed E-state index contributed by atoms with van der Waals surface area (Å²) in [5.74, 6) is 0.0297. The van der Waals surface area contributed by atoms with Crippen LogP contribution in [0.3, 0.4) is 0 Å². The molecule has 0 bridgehead atoms. The monoisotopic (exact) mass is 249 g/mol. The first-order valence-corrected chi connectivity index (χ1v) is 5.68. The first-order valence-electron chi connectivity index (χ1n) is 5.14. The molecule has 0 saturated heterocycles. The van der Waals surface area contributed by atoms with E-state index in [-0.39, 0.29) is 17.5 Å². The second-order valence-corrected chi connectivity index (χ2v) is 4.29. The molecule has 0 spiro atoms. The Hall–Kier alpha value is -0.770. The summed E-state index contributed by atoms with van der Waals surface area (Å²) in [6.07, 6.45) is -0.325. The Morgan fingerprint density at radius 1 is 1.38 bits per heavy atom. The van der Waals surface area contributed by atoms with Gasteiger partial charge in [0.05, 0.1) is 17.1 Å². The topological polar surface area (TPSA) is 12.9 Å². The van der Waals surface area contributed by atoms with E-state index in [0.29, 0.717) is 5.56 Å². The summed E-state index contributed by atoms with van der Waals surface area (Å²) in [7, 11) is 0. The average Bonchev–Trinajstić information content (AvgIpc) is 2.14.